The maximum Gasteiger partial charge on any atom is 0.165 e. The lowest BCUT2D eigenvalue weighted by molar-refractivity contribution is 0.282. The number of hydrogen-bond donors (Lipinski definition) is 1. The van der Waals surface area contributed by atoms with E-state index in [0.29, 0.717) is 16.3 Å². The van der Waals surface area contributed by atoms with Gasteiger partial charge >= 0.3 is 0 Å². The zero-order valence-corrected chi connectivity index (χ0v) is 11.7. The normalized spacial score (nSPS) is 10.1. The monoisotopic (exact) mass is 291 g/mol. The molecule has 0 radical (unpaired) electrons. The van der Waals surface area contributed by atoms with Gasteiger partial charge in [-0.1, -0.05) is 24.4 Å². The maximum atomic E-state index is 13.5. The molecule has 0 saturated carbocycles. The van der Waals surface area contributed by atoms with Gasteiger partial charge in [-0.15, -0.1) is 0 Å². The Kier molecular flexibility index (Phi) is 4.53. The molecule has 3 nitrogen and oxygen atoms in total. The van der Waals surface area contributed by atoms with Crippen molar-refractivity contribution in [3.8, 4) is 11.5 Å². The molecule has 0 aliphatic heterocycles. The van der Waals surface area contributed by atoms with Crippen molar-refractivity contribution in [2.24, 2.45) is 5.73 Å². The standard InChI is InChI=1S/C15H14FNO2S/c1-18-13-7-6-10(15(17)20)8-11(13)9-19-14-5-3-2-4-12(14)16/h2-8H,9H2,1H3,(H2,17,20). The van der Waals surface area contributed by atoms with Gasteiger partial charge < -0.3 is 15.2 Å². The lowest BCUT2D eigenvalue weighted by atomic mass is 10.1. The number of ether oxygens (including phenoxy) is 2. The Balaban J connectivity index is 2.22. The van der Waals surface area contributed by atoms with Gasteiger partial charge in [-0.25, -0.2) is 4.39 Å². The Morgan fingerprint density at radius 1 is 1.20 bits per heavy atom. The van der Waals surface area contributed by atoms with Crippen LogP contribution in [-0.4, -0.2) is 12.1 Å². The molecule has 0 heterocycles. The van der Waals surface area contributed by atoms with Crippen LogP contribution in [-0.2, 0) is 6.61 Å². The summed E-state index contributed by atoms with van der Waals surface area (Å²) in [4.78, 5) is 0.291. The number of hydrogen-bond acceptors (Lipinski definition) is 3. The second-order valence-electron chi connectivity index (χ2n) is 4.11. The van der Waals surface area contributed by atoms with E-state index in [1.807, 2.05) is 0 Å². The summed E-state index contributed by atoms with van der Waals surface area (Å²) >= 11 is 4.94. The van der Waals surface area contributed by atoms with Crippen LogP contribution >= 0.6 is 12.2 Å². The molecule has 0 aliphatic rings. The van der Waals surface area contributed by atoms with Gasteiger partial charge in [-0.3, -0.25) is 0 Å². The molecular formula is C15H14FNO2S. The minimum absolute atomic E-state index is 0.167. The molecule has 0 unspecified atom stereocenters. The second-order valence-corrected chi connectivity index (χ2v) is 4.55. The van der Waals surface area contributed by atoms with Crippen molar-refractivity contribution in [1.82, 2.24) is 0 Å². The number of para-hydroxylation sites is 1. The third-order valence-corrected chi connectivity index (χ3v) is 3.02. The summed E-state index contributed by atoms with van der Waals surface area (Å²) < 4.78 is 24.2. The molecule has 2 N–H and O–H groups in total. The Labute approximate surface area is 122 Å². The SMILES string of the molecule is COc1ccc(C(N)=S)cc1COc1ccccc1F. The van der Waals surface area contributed by atoms with Crippen molar-refractivity contribution < 1.29 is 13.9 Å². The first kappa shape index (κ1) is 14.3. The molecule has 104 valence electrons. The summed E-state index contributed by atoms with van der Waals surface area (Å²) in [6.45, 7) is 0.167. The first-order valence-electron chi connectivity index (χ1n) is 5.96. The van der Waals surface area contributed by atoms with E-state index in [1.165, 1.54) is 6.07 Å². The Bertz CT molecular complexity index is 631. The largest absolute Gasteiger partial charge is 0.496 e. The van der Waals surface area contributed by atoms with Crippen LogP contribution in [0.4, 0.5) is 4.39 Å². The lowest BCUT2D eigenvalue weighted by Crippen LogP contribution is -2.10. The van der Waals surface area contributed by atoms with Crippen molar-refractivity contribution in [3.63, 3.8) is 0 Å². The molecule has 0 bridgehead atoms. The number of thiocarbonyl (C=S) groups is 1. The molecule has 0 atom stereocenters. The van der Waals surface area contributed by atoms with E-state index in [-0.39, 0.29) is 12.4 Å². The lowest BCUT2D eigenvalue weighted by Gasteiger charge is -2.12. The fourth-order valence-electron chi connectivity index (χ4n) is 1.76. The molecule has 2 aromatic carbocycles. The third kappa shape index (κ3) is 3.24. The fourth-order valence-corrected chi connectivity index (χ4v) is 1.89. The van der Waals surface area contributed by atoms with Crippen LogP contribution in [0, 0.1) is 5.82 Å². The van der Waals surface area contributed by atoms with Gasteiger partial charge in [-0.05, 0) is 30.3 Å². The van der Waals surface area contributed by atoms with Crippen LogP contribution in [0.5, 0.6) is 11.5 Å². The zero-order valence-electron chi connectivity index (χ0n) is 10.9. The average Bonchev–Trinajstić information content (AvgIpc) is 2.46. The predicted molar refractivity (Wildman–Crippen MR) is 79.6 cm³/mol. The Morgan fingerprint density at radius 2 is 1.95 bits per heavy atom. The van der Waals surface area contributed by atoms with Crippen molar-refractivity contribution in [2.45, 2.75) is 6.61 Å². The number of nitrogens with two attached hydrogens (primary N) is 1. The molecular weight excluding hydrogens is 277 g/mol. The Hall–Kier alpha value is -2.14. The van der Waals surface area contributed by atoms with Gasteiger partial charge in [0.1, 0.15) is 17.3 Å². The molecule has 0 aliphatic carbocycles. The van der Waals surface area contributed by atoms with Gasteiger partial charge in [0.05, 0.1) is 7.11 Å². The predicted octanol–water partition coefficient (Wildman–Crippen LogP) is 3.05. The molecule has 20 heavy (non-hydrogen) atoms. The summed E-state index contributed by atoms with van der Waals surface area (Å²) in [5.74, 6) is 0.425. The average molecular weight is 291 g/mol. The minimum atomic E-state index is -0.406. The van der Waals surface area contributed by atoms with E-state index in [9.17, 15) is 4.39 Å². The van der Waals surface area contributed by atoms with Crippen LogP contribution in [0.2, 0.25) is 0 Å². The fraction of sp³-hybridized carbons (Fsp3) is 0.133. The van der Waals surface area contributed by atoms with Crippen molar-refractivity contribution >= 4 is 17.2 Å². The number of halogens is 1. The van der Waals surface area contributed by atoms with Crippen LogP contribution in [0.1, 0.15) is 11.1 Å². The zero-order chi connectivity index (χ0) is 14.5. The highest BCUT2D eigenvalue weighted by molar-refractivity contribution is 7.80. The molecule has 0 spiro atoms. The van der Waals surface area contributed by atoms with E-state index >= 15 is 0 Å². The first-order chi connectivity index (χ1) is 9.61. The van der Waals surface area contributed by atoms with Crippen LogP contribution in [0.25, 0.3) is 0 Å². The molecule has 0 amide bonds. The second kappa shape index (κ2) is 6.34. The van der Waals surface area contributed by atoms with Crippen LogP contribution in [0.3, 0.4) is 0 Å². The number of methoxy groups -OCH3 is 1. The third-order valence-electron chi connectivity index (χ3n) is 2.78. The van der Waals surface area contributed by atoms with Gasteiger partial charge in [0.15, 0.2) is 11.6 Å². The highest BCUT2D eigenvalue weighted by Gasteiger charge is 2.08. The summed E-state index contributed by atoms with van der Waals surface area (Å²) in [5.41, 5.74) is 7.06. The maximum absolute atomic E-state index is 13.5. The highest BCUT2D eigenvalue weighted by Crippen LogP contribution is 2.23. The molecule has 2 rings (SSSR count). The smallest absolute Gasteiger partial charge is 0.165 e. The topological polar surface area (TPSA) is 44.5 Å². The molecule has 0 fully saturated rings. The van der Waals surface area contributed by atoms with E-state index in [4.69, 9.17) is 27.4 Å². The molecule has 5 heteroatoms. The minimum Gasteiger partial charge on any atom is -0.496 e. The van der Waals surface area contributed by atoms with Gasteiger partial charge in [0, 0.05) is 11.1 Å². The quantitative estimate of drug-likeness (QED) is 0.860. The van der Waals surface area contributed by atoms with Crippen molar-refractivity contribution in [1.29, 1.82) is 0 Å². The van der Waals surface area contributed by atoms with E-state index in [2.05, 4.69) is 0 Å². The number of benzene rings is 2. The van der Waals surface area contributed by atoms with Gasteiger partial charge in [0.25, 0.3) is 0 Å². The first-order valence-corrected chi connectivity index (χ1v) is 6.36. The van der Waals surface area contributed by atoms with E-state index < -0.39 is 5.82 Å². The Morgan fingerprint density at radius 3 is 2.60 bits per heavy atom. The van der Waals surface area contributed by atoms with E-state index in [1.54, 1.807) is 43.5 Å². The summed E-state index contributed by atoms with van der Waals surface area (Å²) in [6.07, 6.45) is 0. The summed E-state index contributed by atoms with van der Waals surface area (Å²) in [5, 5.41) is 0. The van der Waals surface area contributed by atoms with E-state index in [0.717, 1.165) is 5.56 Å². The number of rotatable bonds is 5. The van der Waals surface area contributed by atoms with Gasteiger partial charge in [0.2, 0.25) is 0 Å². The van der Waals surface area contributed by atoms with Gasteiger partial charge in [-0.2, -0.15) is 0 Å². The highest BCUT2D eigenvalue weighted by atomic mass is 32.1. The molecule has 2 aromatic rings. The molecule has 0 saturated heterocycles. The van der Waals surface area contributed by atoms with Crippen LogP contribution < -0.4 is 15.2 Å². The molecule has 0 aromatic heterocycles. The van der Waals surface area contributed by atoms with Crippen molar-refractivity contribution in [3.05, 3.63) is 59.4 Å². The summed E-state index contributed by atoms with van der Waals surface area (Å²) in [6, 6.07) is 11.5. The summed E-state index contributed by atoms with van der Waals surface area (Å²) in [7, 11) is 1.56. The van der Waals surface area contributed by atoms with Crippen molar-refractivity contribution in [2.75, 3.05) is 7.11 Å². The van der Waals surface area contributed by atoms with Crippen LogP contribution in [0.15, 0.2) is 42.5 Å².